The number of ether oxygens (including phenoxy) is 1. The fraction of sp³-hybridized carbons (Fsp3) is 0.571. The maximum atomic E-state index is 8.96. The number of aliphatic hydroxyl groups is 1. The van der Waals surface area contributed by atoms with Crippen LogP contribution in [0, 0.1) is 0 Å². The Labute approximate surface area is 97.3 Å². The van der Waals surface area contributed by atoms with Crippen LogP contribution in [0.2, 0.25) is 0 Å². The molecule has 2 heteroatoms. The summed E-state index contributed by atoms with van der Waals surface area (Å²) in [6, 6.07) is 10.5. The molecule has 2 atom stereocenters. The molecule has 0 aliphatic carbocycles. The second-order valence-electron chi connectivity index (χ2n) is 4.43. The van der Waals surface area contributed by atoms with Crippen molar-refractivity contribution in [3.63, 3.8) is 0 Å². The first-order valence-corrected chi connectivity index (χ1v) is 6.19. The van der Waals surface area contributed by atoms with E-state index in [-0.39, 0.29) is 6.61 Å². The molecule has 1 aromatic rings. The SMILES string of the molecule is OCCCC(c1ccccc1)C1CCCO1. The summed E-state index contributed by atoms with van der Waals surface area (Å²) in [6.07, 6.45) is 4.57. The van der Waals surface area contributed by atoms with E-state index in [2.05, 4.69) is 24.3 Å². The Morgan fingerprint density at radius 1 is 1.31 bits per heavy atom. The van der Waals surface area contributed by atoms with Gasteiger partial charge in [-0.3, -0.25) is 0 Å². The summed E-state index contributed by atoms with van der Waals surface area (Å²) in [7, 11) is 0. The summed E-state index contributed by atoms with van der Waals surface area (Å²) in [5.41, 5.74) is 1.35. The Hall–Kier alpha value is -0.860. The molecule has 1 aliphatic rings. The molecule has 1 heterocycles. The lowest BCUT2D eigenvalue weighted by Gasteiger charge is -2.23. The Bertz CT molecular complexity index is 291. The van der Waals surface area contributed by atoms with E-state index in [9.17, 15) is 0 Å². The van der Waals surface area contributed by atoms with Gasteiger partial charge >= 0.3 is 0 Å². The highest BCUT2D eigenvalue weighted by atomic mass is 16.5. The van der Waals surface area contributed by atoms with Crippen LogP contribution < -0.4 is 0 Å². The smallest absolute Gasteiger partial charge is 0.0644 e. The lowest BCUT2D eigenvalue weighted by Crippen LogP contribution is -2.18. The third-order valence-corrected chi connectivity index (χ3v) is 3.31. The third-order valence-electron chi connectivity index (χ3n) is 3.31. The summed E-state index contributed by atoms with van der Waals surface area (Å²) in [6.45, 7) is 1.17. The minimum atomic E-state index is 0.274. The predicted octanol–water partition coefficient (Wildman–Crippen LogP) is 2.72. The molecule has 2 nitrogen and oxygen atoms in total. The first-order valence-electron chi connectivity index (χ1n) is 6.19. The minimum Gasteiger partial charge on any atom is -0.396 e. The van der Waals surface area contributed by atoms with E-state index in [4.69, 9.17) is 9.84 Å². The number of hydrogen-bond donors (Lipinski definition) is 1. The maximum Gasteiger partial charge on any atom is 0.0644 e. The Kier molecular flexibility index (Phi) is 4.37. The summed E-state index contributed by atoms with van der Waals surface area (Å²) >= 11 is 0. The second kappa shape index (κ2) is 6.02. The van der Waals surface area contributed by atoms with Gasteiger partial charge in [0.25, 0.3) is 0 Å². The topological polar surface area (TPSA) is 29.5 Å². The standard InChI is InChI=1S/C14H20O2/c15-10-4-8-13(14-9-5-11-16-14)12-6-2-1-3-7-12/h1-3,6-7,13-15H,4-5,8-11H2. The van der Waals surface area contributed by atoms with Crippen LogP contribution in [0.5, 0.6) is 0 Å². The van der Waals surface area contributed by atoms with E-state index in [0.717, 1.165) is 25.9 Å². The molecular formula is C14H20O2. The molecule has 0 amide bonds. The molecule has 16 heavy (non-hydrogen) atoms. The molecule has 1 saturated heterocycles. The molecule has 0 radical (unpaired) electrons. The quantitative estimate of drug-likeness (QED) is 0.826. The van der Waals surface area contributed by atoms with Crippen LogP contribution in [0.1, 0.15) is 37.2 Å². The average molecular weight is 220 g/mol. The van der Waals surface area contributed by atoms with Gasteiger partial charge in [0, 0.05) is 19.1 Å². The van der Waals surface area contributed by atoms with Crippen molar-refractivity contribution in [1.82, 2.24) is 0 Å². The third kappa shape index (κ3) is 2.83. The van der Waals surface area contributed by atoms with Crippen LogP contribution in [0.3, 0.4) is 0 Å². The highest BCUT2D eigenvalue weighted by Gasteiger charge is 2.26. The van der Waals surface area contributed by atoms with Crippen LogP contribution in [0.4, 0.5) is 0 Å². The molecule has 0 saturated carbocycles. The van der Waals surface area contributed by atoms with Gasteiger partial charge in [-0.25, -0.2) is 0 Å². The van der Waals surface area contributed by atoms with E-state index >= 15 is 0 Å². The largest absolute Gasteiger partial charge is 0.396 e. The van der Waals surface area contributed by atoms with Gasteiger partial charge in [0.15, 0.2) is 0 Å². The Balaban J connectivity index is 2.07. The number of aliphatic hydroxyl groups excluding tert-OH is 1. The van der Waals surface area contributed by atoms with E-state index in [1.165, 1.54) is 12.0 Å². The van der Waals surface area contributed by atoms with Gasteiger partial charge in [-0.2, -0.15) is 0 Å². The molecule has 0 bridgehead atoms. The van der Waals surface area contributed by atoms with Gasteiger partial charge in [0.05, 0.1) is 6.10 Å². The predicted molar refractivity (Wildman–Crippen MR) is 64.5 cm³/mol. The van der Waals surface area contributed by atoms with Gasteiger partial charge < -0.3 is 9.84 Å². The van der Waals surface area contributed by atoms with Crippen molar-refractivity contribution < 1.29 is 9.84 Å². The Morgan fingerprint density at radius 3 is 2.75 bits per heavy atom. The zero-order valence-electron chi connectivity index (χ0n) is 9.64. The van der Waals surface area contributed by atoms with Crippen LogP contribution in [0.25, 0.3) is 0 Å². The van der Waals surface area contributed by atoms with Crippen LogP contribution in [-0.2, 0) is 4.74 Å². The normalized spacial score (nSPS) is 22.2. The average Bonchev–Trinajstić information content (AvgIpc) is 2.85. The zero-order chi connectivity index (χ0) is 11.2. The van der Waals surface area contributed by atoms with E-state index in [0.29, 0.717) is 12.0 Å². The molecule has 2 rings (SSSR count). The summed E-state index contributed by atoms with van der Waals surface area (Å²) in [4.78, 5) is 0. The van der Waals surface area contributed by atoms with Gasteiger partial charge in [-0.05, 0) is 31.2 Å². The van der Waals surface area contributed by atoms with Crippen molar-refractivity contribution in [1.29, 1.82) is 0 Å². The minimum absolute atomic E-state index is 0.274. The summed E-state index contributed by atoms with van der Waals surface area (Å²) in [5.74, 6) is 0.454. The molecule has 2 unspecified atom stereocenters. The first-order chi connectivity index (χ1) is 7.92. The monoisotopic (exact) mass is 220 g/mol. The first kappa shape index (κ1) is 11.6. The van der Waals surface area contributed by atoms with Crippen molar-refractivity contribution in [3.8, 4) is 0 Å². The van der Waals surface area contributed by atoms with Crippen LogP contribution >= 0.6 is 0 Å². The van der Waals surface area contributed by atoms with Crippen molar-refractivity contribution in [2.45, 2.75) is 37.7 Å². The van der Waals surface area contributed by atoms with Crippen molar-refractivity contribution >= 4 is 0 Å². The van der Waals surface area contributed by atoms with Crippen molar-refractivity contribution in [2.75, 3.05) is 13.2 Å². The van der Waals surface area contributed by atoms with E-state index < -0.39 is 0 Å². The molecule has 0 aromatic heterocycles. The van der Waals surface area contributed by atoms with Crippen molar-refractivity contribution in [3.05, 3.63) is 35.9 Å². The molecule has 0 spiro atoms. The number of benzene rings is 1. The Morgan fingerprint density at radius 2 is 2.12 bits per heavy atom. The molecule has 1 aromatic carbocycles. The van der Waals surface area contributed by atoms with Gasteiger partial charge in [0.1, 0.15) is 0 Å². The van der Waals surface area contributed by atoms with Gasteiger partial charge in [-0.1, -0.05) is 30.3 Å². The maximum absolute atomic E-state index is 8.96. The summed E-state index contributed by atoms with van der Waals surface area (Å²) in [5, 5.41) is 8.96. The molecule has 1 N–H and O–H groups in total. The molecular weight excluding hydrogens is 200 g/mol. The van der Waals surface area contributed by atoms with Gasteiger partial charge in [0.2, 0.25) is 0 Å². The highest BCUT2D eigenvalue weighted by Crippen LogP contribution is 2.32. The lowest BCUT2D eigenvalue weighted by molar-refractivity contribution is 0.0834. The zero-order valence-corrected chi connectivity index (χ0v) is 9.64. The lowest BCUT2D eigenvalue weighted by atomic mass is 9.88. The molecule has 1 aliphatic heterocycles. The highest BCUT2D eigenvalue weighted by molar-refractivity contribution is 5.21. The van der Waals surface area contributed by atoms with Crippen molar-refractivity contribution in [2.24, 2.45) is 0 Å². The fourth-order valence-electron chi connectivity index (χ4n) is 2.50. The number of hydrogen-bond acceptors (Lipinski definition) is 2. The van der Waals surface area contributed by atoms with E-state index in [1.54, 1.807) is 0 Å². The van der Waals surface area contributed by atoms with Crippen LogP contribution in [0.15, 0.2) is 30.3 Å². The molecule has 1 fully saturated rings. The number of rotatable bonds is 5. The van der Waals surface area contributed by atoms with E-state index in [1.807, 2.05) is 6.07 Å². The fourth-order valence-corrected chi connectivity index (χ4v) is 2.50. The van der Waals surface area contributed by atoms with Gasteiger partial charge in [-0.15, -0.1) is 0 Å². The van der Waals surface area contributed by atoms with Crippen LogP contribution in [-0.4, -0.2) is 24.4 Å². The second-order valence-corrected chi connectivity index (χ2v) is 4.43. The molecule has 88 valence electrons. The summed E-state index contributed by atoms with van der Waals surface area (Å²) < 4.78 is 5.78.